The quantitative estimate of drug-likeness (QED) is 0.0246. The van der Waals surface area contributed by atoms with Crippen molar-refractivity contribution in [3.05, 3.63) is 24.3 Å². The number of aliphatic hydroxyl groups excluding tert-OH is 2. The van der Waals surface area contributed by atoms with E-state index >= 15 is 0 Å². The topological polar surface area (TPSA) is 151 Å². The summed E-state index contributed by atoms with van der Waals surface area (Å²) >= 11 is 0. The highest BCUT2D eigenvalue weighted by Gasteiger charge is 2.27. The van der Waals surface area contributed by atoms with Gasteiger partial charge in [-0.3, -0.25) is 13.8 Å². The van der Waals surface area contributed by atoms with Crippen molar-refractivity contribution in [2.24, 2.45) is 5.73 Å². The molecule has 0 aliphatic carbocycles. The van der Waals surface area contributed by atoms with E-state index in [-0.39, 0.29) is 19.6 Å². The molecule has 1 amide bonds. The van der Waals surface area contributed by atoms with Gasteiger partial charge in [0.1, 0.15) is 0 Å². The van der Waals surface area contributed by atoms with Crippen LogP contribution in [0.1, 0.15) is 174 Å². The molecule has 10 heteroatoms. The second-order valence-corrected chi connectivity index (χ2v) is 14.8. The molecule has 0 heterocycles. The molecule has 0 aliphatic rings. The van der Waals surface area contributed by atoms with Crippen LogP contribution in [0.4, 0.5) is 0 Å². The van der Waals surface area contributed by atoms with E-state index in [1.54, 1.807) is 6.08 Å². The van der Waals surface area contributed by atoms with E-state index in [1.165, 1.54) is 96.3 Å². The monoisotopic (exact) mass is 703 g/mol. The summed E-state index contributed by atoms with van der Waals surface area (Å²) in [5.41, 5.74) is 5.33. The second-order valence-electron chi connectivity index (χ2n) is 13.3. The number of aliphatic hydroxyl groups is 2. The number of amides is 1. The summed E-state index contributed by atoms with van der Waals surface area (Å²) < 4.78 is 21.9. The van der Waals surface area contributed by atoms with Crippen LogP contribution in [0.3, 0.4) is 0 Å². The molecule has 4 unspecified atom stereocenters. The van der Waals surface area contributed by atoms with Crippen LogP contribution in [0.15, 0.2) is 24.3 Å². The number of allylic oxidation sites excluding steroid dienone is 3. The number of carbonyl (C=O) groups excluding carboxylic acids is 1. The predicted molar refractivity (Wildman–Crippen MR) is 200 cm³/mol. The number of unbranched alkanes of at least 4 members (excludes halogenated alkanes) is 20. The Labute approximate surface area is 294 Å². The Balaban J connectivity index is 4.22. The maximum absolute atomic E-state index is 12.7. The first-order chi connectivity index (χ1) is 23.3. The zero-order chi connectivity index (χ0) is 35.6. The van der Waals surface area contributed by atoms with Gasteiger partial charge in [-0.1, -0.05) is 167 Å². The van der Waals surface area contributed by atoms with Crippen LogP contribution in [0.25, 0.3) is 0 Å². The fourth-order valence-electron chi connectivity index (χ4n) is 5.59. The fourth-order valence-corrected chi connectivity index (χ4v) is 6.35. The average Bonchev–Trinajstić information content (AvgIpc) is 3.06. The number of nitrogens with two attached hydrogens (primary N) is 1. The highest BCUT2D eigenvalue weighted by molar-refractivity contribution is 7.47. The molecule has 0 aromatic heterocycles. The van der Waals surface area contributed by atoms with Crippen LogP contribution < -0.4 is 11.1 Å². The second kappa shape index (κ2) is 34.4. The van der Waals surface area contributed by atoms with Gasteiger partial charge >= 0.3 is 7.82 Å². The van der Waals surface area contributed by atoms with E-state index in [0.717, 1.165) is 44.9 Å². The van der Waals surface area contributed by atoms with Crippen LogP contribution >= 0.6 is 7.82 Å². The highest BCUT2D eigenvalue weighted by Crippen LogP contribution is 2.43. The van der Waals surface area contributed by atoms with Gasteiger partial charge in [-0.05, 0) is 25.7 Å². The van der Waals surface area contributed by atoms with E-state index in [4.69, 9.17) is 14.8 Å². The van der Waals surface area contributed by atoms with Crippen molar-refractivity contribution in [1.82, 2.24) is 5.32 Å². The molecule has 284 valence electrons. The molecule has 0 spiro atoms. The molecule has 0 aromatic carbocycles. The first-order valence-corrected chi connectivity index (χ1v) is 21.0. The van der Waals surface area contributed by atoms with Crippen molar-refractivity contribution >= 4 is 13.7 Å². The van der Waals surface area contributed by atoms with Gasteiger partial charge in [-0.25, -0.2) is 4.57 Å². The van der Waals surface area contributed by atoms with Gasteiger partial charge in [0.15, 0.2) is 0 Å². The smallest absolute Gasteiger partial charge is 0.393 e. The van der Waals surface area contributed by atoms with Crippen LogP contribution in [-0.2, 0) is 18.4 Å². The Bertz CT molecular complexity index is 827. The third-order valence-corrected chi connectivity index (χ3v) is 9.57. The third kappa shape index (κ3) is 32.2. The third-order valence-electron chi connectivity index (χ3n) is 8.58. The first-order valence-electron chi connectivity index (χ1n) is 19.5. The molecule has 0 radical (unpaired) electrons. The molecule has 0 rings (SSSR count). The maximum Gasteiger partial charge on any atom is 0.472 e. The minimum atomic E-state index is -4.39. The minimum Gasteiger partial charge on any atom is -0.393 e. The molecule has 0 saturated carbocycles. The normalized spacial score (nSPS) is 15.2. The van der Waals surface area contributed by atoms with E-state index in [9.17, 15) is 24.5 Å². The van der Waals surface area contributed by atoms with Crippen molar-refractivity contribution in [2.45, 2.75) is 193 Å². The van der Waals surface area contributed by atoms with Gasteiger partial charge in [0, 0.05) is 6.54 Å². The minimum absolute atomic E-state index is 0.0453. The van der Waals surface area contributed by atoms with Gasteiger partial charge < -0.3 is 26.2 Å². The van der Waals surface area contributed by atoms with Crippen molar-refractivity contribution in [3.8, 4) is 0 Å². The molecular formula is C38H75N2O7P. The number of rotatable bonds is 36. The molecular weight excluding hydrogens is 627 g/mol. The van der Waals surface area contributed by atoms with Gasteiger partial charge in [-0.15, -0.1) is 0 Å². The molecule has 9 nitrogen and oxygen atoms in total. The van der Waals surface area contributed by atoms with Crippen molar-refractivity contribution in [2.75, 3.05) is 19.8 Å². The van der Waals surface area contributed by atoms with Gasteiger partial charge in [0.2, 0.25) is 5.91 Å². The number of phosphoric acid groups is 1. The summed E-state index contributed by atoms with van der Waals surface area (Å²) in [5.74, 6) is -0.458. The van der Waals surface area contributed by atoms with E-state index in [2.05, 4.69) is 31.3 Å². The largest absolute Gasteiger partial charge is 0.472 e. The zero-order valence-electron chi connectivity index (χ0n) is 30.8. The highest BCUT2D eigenvalue weighted by atomic mass is 31.2. The van der Waals surface area contributed by atoms with Crippen LogP contribution in [0.5, 0.6) is 0 Å². The maximum atomic E-state index is 12.7. The lowest BCUT2D eigenvalue weighted by atomic mass is 10.0. The molecule has 0 saturated heterocycles. The summed E-state index contributed by atoms with van der Waals surface area (Å²) in [5, 5.41) is 23.8. The van der Waals surface area contributed by atoms with Crippen LogP contribution in [0, 0.1) is 0 Å². The van der Waals surface area contributed by atoms with E-state index in [1.807, 2.05) is 6.08 Å². The molecule has 0 fully saturated rings. The Kier molecular flexibility index (Phi) is 33.6. The Morgan fingerprint density at radius 3 is 1.71 bits per heavy atom. The van der Waals surface area contributed by atoms with Crippen molar-refractivity contribution in [1.29, 1.82) is 0 Å². The lowest BCUT2D eigenvalue weighted by molar-refractivity contribution is -0.124. The summed E-state index contributed by atoms with van der Waals surface area (Å²) in [6.45, 7) is 3.86. The lowest BCUT2D eigenvalue weighted by Gasteiger charge is -2.24. The Morgan fingerprint density at radius 2 is 1.19 bits per heavy atom. The first kappa shape index (κ1) is 46.9. The van der Waals surface area contributed by atoms with Crippen molar-refractivity contribution < 1.29 is 33.5 Å². The van der Waals surface area contributed by atoms with E-state index < -0.39 is 38.6 Å². The summed E-state index contributed by atoms with van der Waals surface area (Å²) in [6, 6.07) is -0.992. The van der Waals surface area contributed by atoms with Crippen LogP contribution in [0.2, 0.25) is 0 Å². The molecule has 0 aromatic rings. The number of hydrogen-bond acceptors (Lipinski definition) is 7. The Morgan fingerprint density at radius 1 is 0.708 bits per heavy atom. The SMILES string of the molecule is CCCC/C=C/CC/C=C/C(O)C(COP(=O)(O)OCCN)NC(=O)CC(O)CCCCCCCCCCCCCCCCCCCC. The summed E-state index contributed by atoms with van der Waals surface area (Å²) in [7, 11) is -4.39. The number of phosphoric ester groups is 1. The van der Waals surface area contributed by atoms with Gasteiger partial charge in [-0.2, -0.15) is 0 Å². The molecule has 0 aliphatic heterocycles. The Hall–Kier alpha value is -1.06. The predicted octanol–water partition coefficient (Wildman–Crippen LogP) is 9.19. The summed E-state index contributed by atoms with van der Waals surface area (Å²) in [6.07, 6.45) is 34.3. The average molecular weight is 703 g/mol. The molecule has 4 atom stereocenters. The number of hydrogen-bond donors (Lipinski definition) is 5. The standard InChI is InChI=1S/C38H75N2O7P/c1-3-5-7-9-11-13-14-15-16-17-18-19-20-21-22-23-25-27-29-35(41)33-38(43)40-36(34-47-48(44,45)46-32-31-39)37(42)30-28-26-24-12-10-8-6-4-2/h10,12,28,30,35-37,41-42H,3-9,11,13-27,29,31-34,39H2,1-2H3,(H,40,43)(H,44,45)/b12-10+,30-28+. The molecule has 6 N–H and O–H groups in total. The van der Waals surface area contributed by atoms with E-state index in [0.29, 0.717) is 12.8 Å². The fraction of sp³-hybridized carbons (Fsp3) is 0.868. The van der Waals surface area contributed by atoms with Crippen molar-refractivity contribution in [3.63, 3.8) is 0 Å². The van der Waals surface area contributed by atoms with Crippen LogP contribution in [-0.4, -0.2) is 59.0 Å². The molecule has 0 bridgehead atoms. The lowest BCUT2D eigenvalue weighted by Crippen LogP contribution is -2.46. The zero-order valence-corrected chi connectivity index (χ0v) is 31.7. The number of nitrogens with one attached hydrogen (secondary N) is 1. The molecule has 48 heavy (non-hydrogen) atoms. The number of carbonyl (C=O) groups is 1. The van der Waals surface area contributed by atoms with Gasteiger partial charge in [0.05, 0.1) is 37.9 Å². The van der Waals surface area contributed by atoms with Gasteiger partial charge in [0.25, 0.3) is 0 Å². The summed E-state index contributed by atoms with van der Waals surface area (Å²) in [4.78, 5) is 22.6.